The van der Waals surface area contributed by atoms with Crippen LogP contribution in [-0.2, 0) is 9.84 Å². The number of benzene rings is 1. The van der Waals surface area contributed by atoms with Gasteiger partial charge in [-0.05, 0) is 30.9 Å². The average Bonchev–Trinajstić information content (AvgIpc) is 2.57. The van der Waals surface area contributed by atoms with Crippen LogP contribution < -0.4 is 11.1 Å². The minimum Gasteiger partial charge on any atom is -0.397 e. The number of nitrogens with one attached hydrogen (secondary N) is 1. The van der Waals surface area contributed by atoms with E-state index >= 15 is 0 Å². The van der Waals surface area contributed by atoms with Gasteiger partial charge in [0.05, 0.1) is 22.9 Å². The first-order valence-electron chi connectivity index (χ1n) is 5.77. The number of nitrogens with two attached hydrogens (primary N) is 1. The van der Waals surface area contributed by atoms with Crippen LogP contribution in [0.25, 0.3) is 0 Å². The Morgan fingerprint density at radius 1 is 1.47 bits per heavy atom. The van der Waals surface area contributed by atoms with Crippen LogP contribution in [0.15, 0.2) is 18.2 Å². The topological polar surface area (TPSA) is 72.2 Å². The van der Waals surface area contributed by atoms with E-state index in [2.05, 4.69) is 5.32 Å². The summed E-state index contributed by atoms with van der Waals surface area (Å²) in [5, 5.41) is 3.27. The van der Waals surface area contributed by atoms with Crippen molar-refractivity contribution in [3.8, 4) is 0 Å². The third-order valence-corrected chi connectivity index (χ3v) is 5.04. The van der Waals surface area contributed by atoms with E-state index in [-0.39, 0.29) is 5.92 Å². The second-order valence-corrected chi connectivity index (χ2v) is 6.92. The lowest BCUT2D eigenvalue weighted by Crippen LogP contribution is -2.16. The molecule has 1 fully saturated rings. The van der Waals surface area contributed by atoms with Crippen LogP contribution in [-0.4, -0.2) is 26.5 Å². The largest absolute Gasteiger partial charge is 0.397 e. The summed E-state index contributed by atoms with van der Waals surface area (Å²) in [6.07, 6.45) is 0.751. The van der Waals surface area contributed by atoms with E-state index in [0.29, 0.717) is 23.7 Å². The molecule has 0 spiro atoms. The van der Waals surface area contributed by atoms with Crippen molar-refractivity contribution in [3.05, 3.63) is 23.8 Å². The number of anilines is 2. The van der Waals surface area contributed by atoms with Gasteiger partial charge in [0.1, 0.15) is 0 Å². The van der Waals surface area contributed by atoms with Crippen LogP contribution in [0, 0.1) is 12.8 Å². The van der Waals surface area contributed by atoms with Gasteiger partial charge in [0.25, 0.3) is 0 Å². The molecule has 2 rings (SSSR count). The first-order chi connectivity index (χ1) is 7.98. The van der Waals surface area contributed by atoms with Gasteiger partial charge in [-0.2, -0.15) is 0 Å². The quantitative estimate of drug-likeness (QED) is 0.800. The molecule has 0 aliphatic carbocycles. The van der Waals surface area contributed by atoms with E-state index in [0.717, 1.165) is 17.7 Å². The van der Waals surface area contributed by atoms with Gasteiger partial charge in [-0.3, -0.25) is 0 Å². The van der Waals surface area contributed by atoms with Crippen molar-refractivity contribution >= 4 is 21.2 Å². The third kappa shape index (κ3) is 2.91. The number of hydrogen-bond donors (Lipinski definition) is 2. The normalized spacial score (nSPS) is 22.5. The number of hydrogen-bond acceptors (Lipinski definition) is 4. The summed E-state index contributed by atoms with van der Waals surface area (Å²) < 4.78 is 22.7. The predicted octanol–water partition coefficient (Wildman–Crippen LogP) is 1.42. The molecule has 0 radical (unpaired) electrons. The maximum absolute atomic E-state index is 11.3. The fraction of sp³-hybridized carbons (Fsp3) is 0.500. The first-order valence-corrected chi connectivity index (χ1v) is 7.59. The van der Waals surface area contributed by atoms with Crippen molar-refractivity contribution in [2.24, 2.45) is 5.92 Å². The lowest BCUT2D eigenvalue weighted by molar-refractivity contribution is 0.596. The van der Waals surface area contributed by atoms with Crippen LogP contribution in [0.3, 0.4) is 0 Å². The Morgan fingerprint density at radius 3 is 2.82 bits per heavy atom. The van der Waals surface area contributed by atoms with E-state index in [9.17, 15) is 8.42 Å². The van der Waals surface area contributed by atoms with Crippen molar-refractivity contribution in [2.45, 2.75) is 13.3 Å². The highest BCUT2D eigenvalue weighted by Crippen LogP contribution is 2.24. The molecule has 1 aliphatic rings. The summed E-state index contributed by atoms with van der Waals surface area (Å²) in [7, 11) is -2.79. The van der Waals surface area contributed by atoms with Gasteiger partial charge in [-0.1, -0.05) is 12.1 Å². The SMILES string of the molecule is Cc1cccc(N)c1NCC1CCS(=O)(=O)C1. The fourth-order valence-electron chi connectivity index (χ4n) is 2.21. The van der Waals surface area contributed by atoms with E-state index in [1.54, 1.807) is 0 Å². The number of aryl methyl sites for hydroxylation is 1. The average molecular weight is 254 g/mol. The molecule has 1 saturated heterocycles. The van der Waals surface area contributed by atoms with Gasteiger partial charge in [0.2, 0.25) is 0 Å². The second-order valence-electron chi connectivity index (χ2n) is 4.69. The third-order valence-electron chi connectivity index (χ3n) is 3.20. The Labute approximate surface area is 102 Å². The summed E-state index contributed by atoms with van der Waals surface area (Å²) in [6.45, 7) is 2.67. The Bertz CT molecular complexity index is 491. The van der Waals surface area contributed by atoms with Crippen molar-refractivity contribution in [1.82, 2.24) is 0 Å². The van der Waals surface area contributed by atoms with Gasteiger partial charge in [0.15, 0.2) is 9.84 Å². The molecule has 0 amide bonds. The number of sulfone groups is 1. The molecule has 17 heavy (non-hydrogen) atoms. The molecule has 0 aromatic heterocycles. The highest BCUT2D eigenvalue weighted by molar-refractivity contribution is 7.91. The van der Waals surface area contributed by atoms with Crippen molar-refractivity contribution in [2.75, 3.05) is 29.1 Å². The summed E-state index contributed by atoms with van der Waals surface area (Å²) in [5.74, 6) is 0.827. The van der Waals surface area contributed by atoms with Gasteiger partial charge in [-0.15, -0.1) is 0 Å². The molecule has 1 unspecified atom stereocenters. The van der Waals surface area contributed by atoms with Crippen molar-refractivity contribution in [3.63, 3.8) is 0 Å². The Morgan fingerprint density at radius 2 is 2.24 bits per heavy atom. The Hall–Kier alpha value is -1.23. The lowest BCUT2D eigenvalue weighted by Gasteiger charge is -2.14. The molecular weight excluding hydrogens is 236 g/mol. The minimum atomic E-state index is -2.79. The summed E-state index contributed by atoms with van der Waals surface area (Å²) in [6, 6.07) is 5.75. The van der Waals surface area contributed by atoms with Gasteiger partial charge >= 0.3 is 0 Å². The Balaban J connectivity index is 1.99. The smallest absolute Gasteiger partial charge is 0.150 e. The summed E-state index contributed by atoms with van der Waals surface area (Å²) in [4.78, 5) is 0. The number of rotatable bonds is 3. The van der Waals surface area contributed by atoms with E-state index in [1.807, 2.05) is 25.1 Å². The van der Waals surface area contributed by atoms with Gasteiger partial charge in [-0.25, -0.2) is 8.42 Å². The molecule has 0 saturated carbocycles. The van der Waals surface area contributed by atoms with Crippen LogP contribution in [0.5, 0.6) is 0 Å². The highest BCUT2D eigenvalue weighted by Gasteiger charge is 2.27. The molecule has 0 bridgehead atoms. The Kier molecular flexibility index (Phi) is 3.28. The number of para-hydroxylation sites is 1. The number of nitrogen functional groups attached to an aromatic ring is 1. The van der Waals surface area contributed by atoms with Crippen molar-refractivity contribution < 1.29 is 8.42 Å². The molecule has 1 aliphatic heterocycles. The minimum absolute atomic E-state index is 0.207. The molecule has 1 heterocycles. The zero-order chi connectivity index (χ0) is 12.5. The molecule has 1 aromatic carbocycles. The maximum atomic E-state index is 11.3. The van der Waals surface area contributed by atoms with Gasteiger partial charge in [0, 0.05) is 6.54 Å². The molecule has 5 heteroatoms. The monoisotopic (exact) mass is 254 g/mol. The zero-order valence-corrected chi connectivity index (χ0v) is 10.8. The van der Waals surface area contributed by atoms with Crippen LogP contribution >= 0.6 is 0 Å². The molecule has 1 aromatic rings. The maximum Gasteiger partial charge on any atom is 0.150 e. The van der Waals surface area contributed by atoms with Crippen molar-refractivity contribution in [1.29, 1.82) is 0 Å². The van der Waals surface area contributed by atoms with Crippen LogP contribution in [0.4, 0.5) is 11.4 Å². The molecule has 1 atom stereocenters. The van der Waals surface area contributed by atoms with Crippen LogP contribution in [0.2, 0.25) is 0 Å². The van der Waals surface area contributed by atoms with Gasteiger partial charge < -0.3 is 11.1 Å². The predicted molar refractivity (Wildman–Crippen MR) is 70.8 cm³/mol. The molecule has 4 nitrogen and oxygen atoms in total. The second kappa shape index (κ2) is 4.56. The zero-order valence-electron chi connectivity index (χ0n) is 9.94. The first kappa shape index (κ1) is 12.2. The molecule has 3 N–H and O–H groups in total. The summed E-state index contributed by atoms with van der Waals surface area (Å²) in [5.41, 5.74) is 8.61. The molecular formula is C12H18N2O2S. The van der Waals surface area contributed by atoms with E-state index < -0.39 is 9.84 Å². The fourth-order valence-corrected chi connectivity index (χ4v) is 4.07. The van der Waals surface area contributed by atoms with E-state index in [1.165, 1.54) is 0 Å². The van der Waals surface area contributed by atoms with E-state index in [4.69, 9.17) is 5.73 Å². The molecule has 94 valence electrons. The summed E-state index contributed by atoms with van der Waals surface area (Å²) >= 11 is 0. The standard InChI is InChI=1S/C12H18N2O2S/c1-9-3-2-4-11(13)12(9)14-7-10-5-6-17(15,16)8-10/h2-4,10,14H,5-8,13H2,1H3. The highest BCUT2D eigenvalue weighted by atomic mass is 32.2. The lowest BCUT2D eigenvalue weighted by atomic mass is 10.1. The van der Waals surface area contributed by atoms with Crippen LogP contribution in [0.1, 0.15) is 12.0 Å².